The van der Waals surface area contributed by atoms with Crippen LogP contribution in [-0.2, 0) is 22.5 Å². The first kappa shape index (κ1) is 25.0. The maximum Gasteiger partial charge on any atom is 0.416 e. The minimum Gasteiger partial charge on any atom is -0.373 e. The molecule has 3 rings (SSSR count). The van der Waals surface area contributed by atoms with E-state index >= 15 is 0 Å². The second-order valence-corrected chi connectivity index (χ2v) is 8.46. The van der Waals surface area contributed by atoms with Gasteiger partial charge in [-0.3, -0.25) is 10.1 Å². The summed E-state index contributed by atoms with van der Waals surface area (Å²) in [7, 11) is 0. The first-order chi connectivity index (χ1) is 15.3. The number of hydrogen-bond donors (Lipinski definition) is 0. The molecule has 1 aliphatic rings. The third-order valence-corrected chi connectivity index (χ3v) is 6.29. The van der Waals surface area contributed by atoms with Gasteiger partial charge in [-0.05, 0) is 49.1 Å². The number of halogens is 6. The van der Waals surface area contributed by atoms with Crippen molar-refractivity contribution in [3.63, 3.8) is 0 Å². The van der Waals surface area contributed by atoms with Crippen molar-refractivity contribution < 1.29 is 36.0 Å². The Morgan fingerprint density at radius 2 is 1.52 bits per heavy atom. The van der Waals surface area contributed by atoms with E-state index in [2.05, 4.69) is 0 Å². The van der Waals surface area contributed by atoms with Crippen LogP contribution in [0.3, 0.4) is 0 Å². The van der Waals surface area contributed by atoms with Crippen molar-refractivity contribution in [2.45, 2.75) is 62.5 Å². The molecule has 10 heteroatoms. The van der Waals surface area contributed by atoms with E-state index < -0.39 is 41.0 Å². The van der Waals surface area contributed by atoms with E-state index in [-0.39, 0.29) is 23.2 Å². The van der Waals surface area contributed by atoms with Gasteiger partial charge >= 0.3 is 12.4 Å². The van der Waals surface area contributed by atoms with Gasteiger partial charge in [-0.2, -0.15) is 26.3 Å². The van der Waals surface area contributed by atoms with E-state index in [4.69, 9.17) is 4.74 Å². The lowest BCUT2D eigenvalue weighted by Gasteiger charge is -2.39. The molecule has 0 N–H and O–H groups in total. The first-order valence-corrected chi connectivity index (χ1v) is 10.4. The zero-order chi connectivity index (χ0) is 24.4. The van der Waals surface area contributed by atoms with E-state index in [9.17, 15) is 36.5 Å². The Morgan fingerprint density at radius 3 is 1.97 bits per heavy atom. The predicted molar refractivity (Wildman–Crippen MR) is 108 cm³/mol. The van der Waals surface area contributed by atoms with Crippen molar-refractivity contribution in [2.75, 3.05) is 6.61 Å². The highest BCUT2D eigenvalue weighted by Crippen LogP contribution is 2.42. The van der Waals surface area contributed by atoms with E-state index in [1.807, 2.05) is 30.3 Å². The molecular formula is C23H23F6NO3. The Bertz CT molecular complexity index is 934. The smallest absolute Gasteiger partial charge is 0.373 e. The molecule has 1 saturated carbocycles. The van der Waals surface area contributed by atoms with Crippen LogP contribution in [-0.4, -0.2) is 17.6 Å². The number of hydrogen-bond acceptors (Lipinski definition) is 3. The van der Waals surface area contributed by atoms with Crippen LogP contribution in [0.1, 0.15) is 61.0 Å². The zero-order valence-electron chi connectivity index (χ0n) is 17.7. The summed E-state index contributed by atoms with van der Waals surface area (Å²) in [6.45, 7) is 1.41. The van der Waals surface area contributed by atoms with Crippen LogP contribution >= 0.6 is 0 Å². The molecule has 1 fully saturated rings. The molecule has 4 nitrogen and oxygen atoms in total. The van der Waals surface area contributed by atoms with Gasteiger partial charge in [0.15, 0.2) is 0 Å². The maximum absolute atomic E-state index is 13.2. The molecule has 0 saturated heterocycles. The third kappa shape index (κ3) is 5.85. The summed E-state index contributed by atoms with van der Waals surface area (Å²) in [6.07, 6.45) is -9.48. The fourth-order valence-corrected chi connectivity index (χ4v) is 4.27. The van der Waals surface area contributed by atoms with Gasteiger partial charge in [-0.1, -0.05) is 30.3 Å². The molecule has 2 aromatic carbocycles. The van der Waals surface area contributed by atoms with Gasteiger partial charge < -0.3 is 4.74 Å². The highest BCUT2D eigenvalue weighted by atomic mass is 19.4. The fourth-order valence-electron chi connectivity index (χ4n) is 4.27. The Kier molecular flexibility index (Phi) is 7.07. The average molecular weight is 475 g/mol. The molecule has 0 amide bonds. The summed E-state index contributed by atoms with van der Waals surface area (Å²) in [5, 5.41) is 11.2. The molecule has 33 heavy (non-hydrogen) atoms. The van der Waals surface area contributed by atoms with E-state index in [0.717, 1.165) is 5.56 Å². The van der Waals surface area contributed by atoms with E-state index in [1.165, 1.54) is 6.92 Å². The van der Waals surface area contributed by atoms with Crippen LogP contribution in [0.5, 0.6) is 0 Å². The summed E-state index contributed by atoms with van der Waals surface area (Å²) < 4.78 is 85.0. The van der Waals surface area contributed by atoms with Crippen molar-refractivity contribution >= 4 is 0 Å². The SMILES string of the molecule is C[C@@H](OCC1(c2ccccc2)CCC([N+](=O)[O-])CC1)c1cc(C(F)(F)F)cc(C(F)(F)F)c1. The third-order valence-electron chi connectivity index (χ3n) is 6.29. The van der Waals surface area contributed by atoms with Gasteiger partial charge in [-0.25, -0.2) is 0 Å². The molecule has 0 aliphatic heterocycles. The van der Waals surface area contributed by atoms with Crippen LogP contribution in [0.15, 0.2) is 48.5 Å². The van der Waals surface area contributed by atoms with Gasteiger partial charge in [0.05, 0.1) is 23.8 Å². The molecule has 0 bridgehead atoms. The van der Waals surface area contributed by atoms with Crippen molar-refractivity contribution in [3.8, 4) is 0 Å². The van der Waals surface area contributed by atoms with Gasteiger partial charge in [0.1, 0.15) is 0 Å². The minimum atomic E-state index is -4.94. The monoisotopic (exact) mass is 475 g/mol. The zero-order valence-corrected chi connectivity index (χ0v) is 17.7. The Morgan fingerprint density at radius 1 is 1.00 bits per heavy atom. The van der Waals surface area contributed by atoms with Crippen LogP contribution in [0.2, 0.25) is 0 Å². The molecule has 180 valence electrons. The Hall–Kier alpha value is -2.62. The average Bonchev–Trinajstić information content (AvgIpc) is 2.76. The molecular weight excluding hydrogens is 452 g/mol. The van der Waals surface area contributed by atoms with Crippen molar-refractivity contribution in [1.29, 1.82) is 0 Å². The summed E-state index contributed by atoms with van der Waals surface area (Å²) in [5.74, 6) is 0. The number of rotatable bonds is 6. The second kappa shape index (κ2) is 9.32. The molecule has 0 heterocycles. The number of ether oxygens (including phenoxy) is 1. The minimum absolute atomic E-state index is 0.0141. The quantitative estimate of drug-likeness (QED) is 0.258. The van der Waals surface area contributed by atoms with Crippen LogP contribution < -0.4 is 0 Å². The summed E-state index contributed by atoms with van der Waals surface area (Å²) in [5.41, 5.74) is -2.77. The second-order valence-electron chi connectivity index (χ2n) is 8.46. The summed E-state index contributed by atoms with van der Waals surface area (Å²) >= 11 is 0. The van der Waals surface area contributed by atoms with Crippen molar-refractivity contribution in [1.82, 2.24) is 0 Å². The van der Waals surface area contributed by atoms with Gasteiger partial charge in [0, 0.05) is 23.2 Å². The molecule has 0 spiro atoms. The topological polar surface area (TPSA) is 52.4 Å². The Labute approximate surface area is 186 Å². The van der Waals surface area contributed by atoms with Gasteiger partial charge in [-0.15, -0.1) is 0 Å². The lowest BCUT2D eigenvalue weighted by atomic mass is 9.68. The largest absolute Gasteiger partial charge is 0.416 e. The van der Waals surface area contributed by atoms with Crippen LogP contribution in [0.4, 0.5) is 26.3 Å². The number of alkyl halides is 6. The molecule has 1 atom stereocenters. The van der Waals surface area contributed by atoms with Crippen LogP contribution in [0.25, 0.3) is 0 Å². The standard InChI is InChI=1S/C23H23F6NO3/c1-15(16-11-18(22(24,25)26)13-19(12-16)23(27,28)29)33-14-21(17-5-3-2-4-6-17)9-7-20(8-10-21)30(31)32/h2-6,11-13,15,20H,7-10,14H2,1H3/t15-,20?,21?/m1/s1. The molecule has 1 aliphatic carbocycles. The molecule has 2 aromatic rings. The van der Waals surface area contributed by atoms with Crippen molar-refractivity contribution in [3.05, 3.63) is 80.9 Å². The molecule has 0 radical (unpaired) electrons. The van der Waals surface area contributed by atoms with Gasteiger partial charge in [0.2, 0.25) is 6.04 Å². The highest BCUT2D eigenvalue weighted by Gasteiger charge is 2.42. The highest BCUT2D eigenvalue weighted by molar-refractivity contribution is 5.35. The lowest BCUT2D eigenvalue weighted by molar-refractivity contribution is -0.527. The maximum atomic E-state index is 13.2. The van der Waals surface area contributed by atoms with Gasteiger partial charge in [0.25, 0.3) is 0 Å². The summed E-state index contributed by atoms with van der Waals surface area (Å²) in [4.78, 5) is 10.8. The number of nitrogens with zero attached hydrogens (tertiary/aromatic N) is 1. The van der Waals surface area contributed by atoms with Crippen molar-refractivity contribution in [2.24, 2.45) is 0 Å². The normalized spacial score (nSPS) is 22.7. The fraction of sp³-hybridized carbons (Fsp3) is 0.478. The molecule has 0 aromatic heterocycles. The number of benzene rings is 2. The van der Waals surface area contributed by atoms with Crippen LogP contribution in [0, 0.1) is 10.1 Å². The van der Waals surface area contributed by atoms with E-state index in [0.29, 0.717) is 37.8 Å². The van der Waals surface area contributed by atoms with E-state index in [1.54, 1.807) is 0 Å². The molecule has 0 unspecified atom stereocenters. The number of nitro groups is 1. The Balaban J connectivity index is 1.87. The first-order valence-electron chi connectivity index (χ1n) is 10.4. The summed E-state index contributed by atoms with van der Waals surface area (Å²) in [6, 6.07) is 9.87. The predicted octanol–water partition coefficient (Wildman–Crippen LogP) is 6.96. The lowest BCUT2D eigenvalue weighted by Crippen LogP contribution is -2.40.